The minimum atomic E-state index is -1.19. The molecule has 0 radical (unpaired) electrons. The van der Waals surface area contributed by atoms with Crippen molar-refractivity contribution in [1.82, 2.24) is 14.5 Å². The Balaban J connectivity index is 1.87. The number of carbonyl (C=O) groups is 1. The highest BCUT2D eigenvalue weighted by molar-refractivity contribution is 6.30. The van der Waals surface area contributed by atoms with E-state index in [9.17, 15) is 14.4 Å². The Hall–Kier alpha value is -3.71. The van der Waals surface area contributed by atoms with E-state index in [-0.39, 0.29) is 5.82 Å². The summed E-state index contributed by atoms with van der Waals surface area (Å²) in [5.41, 5.74) is -0.341. The Morgan fingerprint density at radius 2 is 1.72 bits per heavy atom. The van der Waals surface area contributed by atoms with Crippen LogP contribution in [0.25, 0.3) is 10.9 Å². The maximum atomic E-state index is 13.1. The average molecular weight is 407 g/mol. The van der Waals surface area contributed by atoms with E-state index in [4.69, 9.17) is 11.6 Å². The summed E-state index contributed by atoms with van der Waals surface area (Å²) < 4.78 is 0.920. The zero-order chi connectivity index (χ0) is 20.4. The molecular formula is C21H15ClN4O3. The lowest BCUT2D eigenvalue weighted by Crippen LogP contribution is -2.43. The predicted octanol–water partition coefficient (Wildman–Crippen LogP) is 2.97. The number of aromatic amines is 1. The molecule has 4 rings (SSSR count). The van der Waals surface area contributed by atoms with Crippen LogP contribution >= 0.6 is 11.6 Å². The molecule has 2 N–H and O–H groups in total. The van der Waals surface area contributed by atoms with Crippen molar-refractivity contribution in [3.63, 3.8) is 0 Å². The number of hydrogen-bond donors (Lipinski definition) is 2. The van der Waals surface area contributed by atoms with Crippen LogP contribution in [0.15, 0.2) is 82.5 Å². The highest BCUT2D eigenvalue weighted by atomic mass is 35.5. The minimum Gasteiger partial charge on any atom is -0.309 e. The second kappa shape index (κ2) is 7.73. The minimum absolute atomic E-state index is 0.255. The van der Waals surface area contributed by atoms with Gasteiger partial charge in [-0.05, 0) is 29.8 Å². The van der Waals surface area contributed by atoms with Gasteiger partial charge in [0.1, 0.15) is 11.9 Å². The van der Waals surface area contributed by atoms with Crippen molar-refractivity contribution in [1.29, 1.82) is 0 Å². The number of para-hydroxylation sites is 1. The van der Waals surface area contributed by atoms with Gasteiger partial charge in [0, 0.05) is 6.20 Å². The number of hydrogen-bond acceptors (Lipinski definition) is 4. The largest absolute Gasteiger partial charge is 0.329 e. The number of benzene rings is 2. The molecule has 4 aromatic rings. The average Bonchev–Trinajstić information content (AvgIpc) is 2.73. The molecule has 29 heavy (non-hydrogen) atoms. The van der Waals surface area contributed by atoms with E-state index in [0.29, 0.717) is 21.5 Å². The third-order valence-electron chi connectivity index (χ3n) is 4.44. The van der Waals surface area contributed by atoms with E-state index in [0.717, 1.165) is 4.57 Å². The normalized spacial score (nSPS) is 11.9. The Morgan fingerprint density at radius 1 is 1.00 bits per heavy atom. The van der Waals surface area contributed by atoms with Crippen LogP contribution in [0.3, 0.4) is 0 Å². The molecule has 0 saturated heterocycles. The lowest BCUT2D eigenvalue weighted by Gasteiger charge is -2.19. The fourth-order valence-corrected chi connectivity index (χ4v) is 3.22. The van der Waals surface area contributed by atoms with E-state index in [2.05, 4.69) is 15.3 Å². The van der Waals surface area contributed by atoms with Crippen molar-refractivity contribution in [3.8, 4) is 0 Å². The Bertz CT molecular complexity index is 1300. The quantitative estimate of drug-likeness (QED) is 0.544. The van der Waals surface area contributed by atoms with E-state index < -0.39 is 23.2 Å². The number of H-pyrrole nitrogens is 1. The van der Waals surface area contributed by atoms with Crippen LogP contribution < -0.4 is 16.6 Å². The number of aromatic nitrogens is 3. The molecule has 2 aromatic heterocycles. The summed E-state index contributed by atoms with van der Waals surface area (Å²) in [6.07, 6.45) is 1.39. The number of nitrogens with zero attached hydrogens (tertiary/aromatic N) is 2. The first kappa shape index (κ1) is 18.6. The lowest BCUT2D eigenvalue weighted by molar-refractivity contribution is -0.118. The SMILES string of the molecule is O=C(Nc1ccc(Cl)cn1)C(c1ccccc1)n1c(=O)[nH]c2ccccc2c1=O. The van der Waals surface area contributed by atoms with Crippen LogP contribution in [-0.2, 0) is 4.79 Å². The van der Waals surface area contributed by atoms with Crippen LogP contribution in [0.1, 0.15) is 11.6 Å². The lowest BCUT2D eigenvalue weighted by atomic mass is 10.1. The summed E-state index contributed by atoms with van der Waals surface area (Å²) in [7, 11) is 0. The van der Waals surface area contributed by atoms with E-state index in [1.54, 1.807) is 60.7 Å². The molecule has 0 saturated carbocycles. The fourth-order valence-electron chi connectivity index (χ4n) is 3.11. The van der Waals surface area contributed by atoms with E-state index >= 15 is 0 Å². The van der Waals surface area contributed by atoms with Gasteiger partial charge in [-0.25, -0.2) is 14.3 Å². The number of nitrogens with one attached hydrogen (secondary N) is 2. The second-order valence-electron chi connectivity index (χ2n) is 6.32. The van der Waals surface area contributed by atoms with Gasteiger partial charge in [-0.3, -0.25) is 9.59 Å². The van der Waals surface area contributed by atoms with E-state index in [1.165, 1.54) is 12.3 Å². The van der Waals surface area contributed by atoms with Crippen molar-refractivity contribution in [3.05, 3.63) is 104 Å². The zero-order valence-electron chi connectivity index (χ0n) is 15.0. The molecule has 0 aliphatic carbocycles. The first-order valence-corrected chi connectivity index (χ1v) is 9.13. The van der Waals surface area contributed by atoms with Crippen LogP contribution in [0.2, 0.25) is 5.02 Å². The van der Waals surface area contributed by atoms with Gasteiger partial charge in [0.25, 0.3) is 11.5 Å². The molecule has 1 atom stereocenters. The Morgan fingerprint density at radius 3 is 2.45 bits per heavy atom. The number of halogens is 1. The first-order chi connectivity index (χ1) is 14.0. The summed E-state index contributed by atoms with van der Waals surface area (Å²) >= 11 is 5.83. The predicted molar refractivity (Wildman–Crippen MR) is 111 cm³/mol. The number of pyridine rings is 1. The molecule has 0 aliphatic rings. The number of carbonyl (C=O) groups excluding carboxylic acids is 1. The summed E-state index contributed by atoms with van der Waals surface area (Å²) in [6.45, 7) is 0. The van der Waals surface area contributed by atoms with E-state index in [1.807, 2.05) is 0 Å². The van der Waals surface area contributed by atoms with Crippen molar-refractivity contribution < 1.29 is 4.79 Å². The van der Waals surface area contributed by atoms with Crippen molar-refractivity contribution >= 4 is 34.2 Å². The molecule has 0 bridgehead atoms. The molecule has 2 aromatic carbocycles. The number of fused-ring (bicyclic) bond motifs is 1. The Kier molecular flexibility index (Phi) is 4.97. The Labute approximate surface area is 169 Å². The van der Waals surface area contributed by atoms with Crippen molar-refractivity contribution in [2.75, 3.05) is 5.32 Å². The molecule has 1 amide bonds. The first-order valence-electron chi connectivity index (χ1n) is 8.75. The number of anilines is 1. The van der Waals surface area contributed by atoms with Gasteiger partial charge in [-0.2, -0.15) is 0 Å². The van der Waals surface area contributed by atoms with Crippen LogP contribution in [0.4, 0.5) is 5.82 Å². The van der Waals surface area contributed by atoms with Gasteiger partial charge < -0.3 is 10.3 Å². The molecule has 8 heteroatoms. The van der Waals surface area contributed by atoms with Crippen LogP contribution in [0, 0.1) is 0 Å². The standard InChI is InChI=1S/C21H15ClN4O3/c22-14-10-11-17(23-12-14)25-19(27)18(13-6-2-1-3-7-13)26-20(28)15-8-4-5-9-16(15)24-21(26)29/h1-12,18H,(H,24,29)(H,23,25,27). The van der Waals surface area contributed by atoms with Gasteiger partial charge in [-0.15, -0.1) is 0 Å². The molecule has 1 unspecified atom stereocenters. The zero-order valence-corrected chi connectivity index (χ0v) is 15.8. The molecule has 0 spiro atoms. The molecular weight excluding hydrogens is 392 g/mol. The highest BCUT2D eigenvalue weighted by Gasteiger charge is 2.27. The molecule has 0 aliphatic heterocycles. The summed E-state index contributed by atoms with van der Waals surface area (Å²) in [5.74, 6) is -0.320. The summed E-state index contributed by atoms with van der Waals surface area (Å²) in [5, 5.41) is 3.38. The third-order valence-corrected chi connectivity index (χ3v) is 4.66. The summed E-state index contributed by atoms with van der Waals surface area (Å²) in [6, 6.07) is 17.2. The maximum Gasteiger partial charge on any atom is 0.329 e. The van der Waals surface area contributed by atoms with Gasteiger partial charge in [0.15, 0.2) is 0 Å². The van der Waals surface area contributed by atoms with Crippen LogP contribution in [0.5, 0.6) is 0 Å². The molecule has 7 nitrogen and oxygen atoms in total. The van der Waals surface area contributed by atoms with Crippen molar-refractivity contribution in [2.45, 2.75) is 6.04 Å². The van der Waals surface area contributed by atoms with Gasteiger partial charge in [0.2, 0.25) is 0 Å². The van der Waals surface area contributed by atoms with Gasteiger partial charge in [-0.1, -0.05) is 54.1 Å². The molecule has 0 fully saturated rings. The molecule has 2 heterocycles. The fraction of sp³-hybridized carbons (Fsp3) is 0.0476. The number of rotatable bonds is 4. The van der Waals surface area contributed by atoms with Gasteiger partial charge >= 0.3 is 5.69 Å². The topological polar surface area (TPSA) is 96.8 Å². The number of amides is 1. The monoisotopic (exact) mass is 406 g/mol. The smallest absolute Gasteiger partial charge is 0.309 e. The molecule has 144 valence electrons. The van der Waals surface area contributed by atoms with Crippen molar-refractivity contribution in [2.24, 2.45) is 0 Å². The highest BCUT2D eigenvalue weighted by Crippen LogP contribution is 2.19. The van der Waals surface area contributed by atoms with Crippen LogP contribution in [-0.4, -0.2) is 20.4 Å². The van der Waals surface area contributed by atoms with Gasteiger partial charge in [0.05, 0.1) is 15.9 Å². The maximum absolute atomic E-state index is 13.1. The second-order valence-corrected chi connectivity index (χ2v) is 6.75. The third kappa shape index (κ3) is 3.68. The summed E-state index contributed by atoms with van der Waals surface area (Å²) in [4.78, 5) is 45.7.